The zero-order valence-corrected chi connectivity index (χ0v) is 45.4. The smallest absolute Gasteiger partial charge is 0.334 e. The summed E-state index contributed by atoms with van der Waals surface area (Å²) in [7, 11) is 8.31. The minimum Gasteiger partial charge on any atom is -0.390 e. The number of imide groups is 5. The Morgan fingerprint density at radius 3 is 1.77 bits per heavy atom. The Bertz CT molecular complexity index is 1980. The third-order valence-corrected chi connectivity index (χ3v) is 13.0. The lowest BCUT2D eigenvalue weighted by Crippen LogP contribution is -2.61. The summed E-state index contributed by atoms with van der Waals surface area (Å²) in [5, 5.41) is 21.6. The molecule has 25 heteroatoms. The zero-order valence-electron chi connectivity index (χ0n) is 44.6. The molecule has 1 fully saturated rings. The first-order chi connectivity index (χ1) is 32.7. The molecule has 1 aliphatic heterocycles. The highest BCUT2D eigenvalue weighted by atomic mass is 32.2. The van der Waals surface area contributed by atoms with E-state index in [1.54, 1.807) is 20.8 Å². The first-order valence-electron chi connectivity index (χ1n) is 23.6. The number of allylic oxidation sites excluding steroid dienone is 2. The van der Waals surface area contributed by atoms with Gasteiger partial charge in [-0.2, -0.15) is 0 Å². The van der Waals surface area contributed by atoms with Crippen LogP contribution >= 0.6 is 11.8 Å². The minimum atomic E-state index is -1.62. The Morgan fingerprint density at radius 1 is 0.690 bits per heavy atom. The third kappa shape index (κ3) is 18.4. The summed E-state index contributed by atoms with van der Waals surface area (Å²) in [4.78, 5) is 158. The van der Waals surface area contributed by atoms with Gasteiger partial charge in [-0.25, -0.2) is 33.8 Å². The van der Waals surface area contributed by atoms with E-state index in [-0.39, 0.29) is 30.6 Å². The average molecular weight is 1030 g/mol. The molecule has 1 rings (SSSR count). The van der Waals surface area contributed by atoms with Crippen LogP contribution in [0.3, 0.4) is 0 Å². The van der Waals surface area contributed by atoms with E-state index in [0.29, 0.717) is 27.7 Å². The number of amides is 16. The van der Waals surface area contributed by atoms with Crippen LogP contribution in [0.2, 0.25) is 0 Å². The number of nitrogens with one attached hydrogen (secondary N) is 5. The number of likely N-dealkylation sites (N-methyl/N-ethyl adjacent to an activating group) is 5. The number of thioether (sulfide) groups is 1. The van der Waals surface area contributed by atoms with Gasteiger partial charge in [-0.15, -0.1) is 11.8 Å². The average Bonchev–Trinajstić information content (AvgIpc) is 3.29. The molecular formula is C46H80N12O12S. The fourth-order valence-electron chi connectivity index (χ4n) is 7.48. The SMILES string of the molecule is C/C=C/C[C@@H](C)C[C@H]1C(=O)N[C@@H](CC)C(=O)N(C)[C@H](SCCNC(C)C)C(=O)N(C)[C@@H](CC(C)(C)O)C(=O)NC(=O)N(C)C(=O)NC(=O)N[C@@H](C)C(=O)N(C)C(=O)N(C)C(=O)N(C)[C@@H](C(C)C)C(=O)N1C. The molecule has 402 valence electrons. The minimum absolute atomic E-state index is 0.0281. The van der Waals surface area contributed by atoms with Crippen molar-refractivity contribution >= 4 is 77.4 Å². The van der Waals surface area contributed by atoms with E-state index in [0.717, 1.165) is 47.6 Å². The molecule has 0 unspecified atom stereocenters. The summed E-state index contributed by atoms with van der Waals surface area (Å²) >= 11 is 1.05. The molecule has 0 saturated carbocycles. The van der Waals surface area contributed by atoms with Gasteiger partial charge in [-0.1, -0.05) is 53.7 Å². The van der Waals surface area contributed by atoms with Crippen molar-refractivity contribution in [3.05, 3.63) is 12.2 Å². The molecule has 0 spiro atoms. The molecule has 1 aliphatic rings. The Balaban J connectivity index is 4.11. The number of urea groups is 5. The third-order valence-electron chi connectivity index (χ3n) is 11.8. The zero-order chi connectivity index (χ0) is 55.0. The molecule has 0 aromatic rings. The van der Waals surface area contributed by atoms with Gasteiger partial charge in [0.25, 0.3) is 17.7 Å². The van der Waals surface area contributed by atoms with E-state index in [1.807, 2.05) is 50.5 Å². The van der Waals surface area contributed by atoms with Gasteiger partial charge >= 0.3 is 30.2 Å². The van der Waals surface area contributed by atoms with Gasteiger partial charge < -0.3 is 40.7 Å². The molecule has 6 N–H and O–H groups in total. The molecule has 71 heavy (non-hydrogen) atoms. The lowest BCUT2D eigenvalue weighted by atomic mass is 9.94. The Morgan fingerprint density at radius 2 is 1.25 bits per heavy atom. The molecule has 0 aromatic heterocycles. The first-order valence-corrected chi connectivity index (χ1v) is 24.6. The molecular weight excluding hydrogens is 945 g/mol. The van der Waals surface area contributed by atoms with Crippen LogP contribution < -0.4 is 26.6 Å². The van der Waals surface area contributed by atoms with Crippen molar-refractivity contribution in [1.29, 1.82) is 0 Å². The fraction of sp³-hybridized carbons (Fsp3) is 0.717. The number of hydrogen-bond acceptors (Lipinski definition) is 14. The second kappa shape index (κ2) is 28.3. The maximum absolute atomic E-state index is 14.7. The number of nitrogens with zero attached hydrogens (tertiary/aromatic N) is 7. The van der Waals surface area contributed by atoms with Gasteiger partial charge in [0.1, 0.15) is 30.2 Å². The molecule has 16 amide bonds. The van der Waals surface area contributed by atoms with Crippen LogP contribution in [-0.2, 0) is 28.8 Å². The number of rotatable bonds is 13. The van der Waals surface area contributed by atoms with Gasteiger partial charge in [0.15, 0.2) is 5.37 Å². The topological polar surface area (TPSA) is 291 Å². The van der Waals surface area contributed by atoms with Gasteiger partial charge in [0, 0.05) is 74.1 Å². The normalized spacial score (nSPS) is 24.2. The Hall–Kier alpha value is -5.82. The van der Waals surface area contributed by atoms with Crippen molar-refractivity contribution in [1.82, 2.24) is 60.9 Å². The molecule has 1 saturated heterocycles. The van der Waals surface area contributed by atoms with Crippen LogP contribution in [0, 0.1) is 11.8 Å². The van der Waals surface area contributed by atoms with Crippen LogP contribution in [0.25, 0.3) is 0 Å². The van der Waals surface area contributed by atoms with E-state index in [4.69, 9.17) is 0 Å². The number of carbonyl (C=O) groups excluding carboxylic acids is 11. The second-order valence-electron chi connectivity index (χ2n) is 19.1. The maximum atomic E-state index is 14.7. The van der Waals surface area contributed by atoms with Crippen molar-refractivity contribution in [3.8, 4) is 0 Å². The Labute approximate surface area is 422 Å². The van der Waals surface area contributed by atoms with E-state index >= 15 is 0 Å². The number of carbonyl (C=O) groups is 11. The fourth-order valence-corrected chi connectivity index (χ4v) is 8.57. The molecule has 1 heterocycles. The second-order valence-corrected chi connectivity index (χ2v) is 20.3. The van der Waals surface area contributed by atoms with E-state index < -0.39 is 119 Å². The van der Waals surface area contributed by atoms with Crippen LogP contribution in [0.15, 0.2) is 12.2 Å². The number of aliphatic hydroxyl groups is 1. The van der Waals surface area contributed by atoms with Crippen molar-refractivity contribution < 1.29 is 57.8 Å². The monoisotopic (exact) mass is 1020 g/mol. The van der Waals surface area contributed by atoms with Gasteiger partial charge in [0.2, 0.25) is 17.7 Å². The summed E-state index contributed by atoms with van der Waals surface area (Å²) in [6.45, 7) is 16.8. The molecule has 0 bridgehead atoms. The summed E-state index contributed by atoms with van der Waals surface area (Å²) in [6.07, 6.45) is 3.98. The van der Waals surface area contributed by atoms with Crippen LogP contribution in [0.4, 0.5) is 24.0 Å². The predicted octanol–water partition coefficient (Wildman–Crippen LogP) is 1.78. The molecule has 24 nitrogen and oxygen atoms in total. The molecule has 7 atom stereocenters. The lowest BCUT2D eigenvalue weighted by Gasteiger charge is -2.39. The molecule has 0 aromatic carbocycles. The molecule has 0 radical (unpaired) electrons. The summed E-state index contributed by atoms with van der Waals surface area (Å²) in [5.74, 6) is -5.58. The van der Waals surface area contributed by atoms with Crippen molar-refractivity contribution in [3.63, 3.8) is 0 Å². The van der Waals surface area contributed by atoms with Gasteiger partial charge in [0.05, 0.1) is 5.60 Å². The highest BCUT2D eigenvalue weighted by Crippen LogP contribution is 2.25. The van der Waals surface area contributed by atoms with Crippen molar-refractivity contribution in [2.24, 2.45) is 11.8 Å². The van der Waals surface area contributed by atoms with Crippen molar-refractivity contribution in [2.75, 3.05) is 61.6 Å². The highest BCUT2D eigenvalue weighted by Gasteiger charge is 2.43. The van der Waals surface area contributed by atoms with Crippen LogP contribution in [0.1, 0.15) is 94.9 Å². The Kier molecular flexibility index (Phi) is 25.2. The van der Waals surface area contributed by atoms with Crippen LogP contribution in [0.5, 0.6) is 0 Å². The number of hydrogen-bond donors (Lipinski definition) is 6. The predicted molar refractivity (Wildman–Crippen MR) is 267 cm³/mol. The standard InChI is InChI=1S/C46H80N12O12S/c1-18-20-21-28(7)24-31-34(59)49-30(19-2)37(62)55(14)40(71-23-22-47-27(5)6)39(64)53(12)32(25-46(9,10)70)35(60)50-42(66)57(16)43(67)51-41(65)48-29(8)36(61)56(15)45(69)58(17)44(68)54(13)33(26(3)4)38(63)52(31)11/h18,20,26-33,40,47,70H,19,21-25H2,1-17H3,(H,49,59)(H,50,60,66)(H2,48,51,65,67)/b20-18+/t28-,29+,30+,31+,32+,33+,40-/m1/s1. The van der Waals surface area contributed by atoms with E-state index in [9.17, 15) is 57.8 Å². The summed E-state index contributed by atoms with van der Waals surface area (Å²) in [6, 6.07) is -13.0. The lowest BCUT2D eigenvalue weighted by molar-refractivity contribution is -0.147. The largest absolute Gasteiger partial charge is 0.390 e. The maximum Gasteiger partial charge on any atom is 0.334 e. The molecule has 0 aliphatic carbocycles. The van der Waals surface area contributed by atoms with Crippen molar-refractivity contribution in [2.45, 2.75) is 142 Å². The van der Waals surface area contributed by atoms with E-state index in [1.165, 1.54) is 53.9 Å². The first kappa shape index (κ1) is 63.2. The highest BCUT2D eigenvalue weighted by molar-refractivity contribution is 8.00. The summed E-state index contributed by atoms with van der Waals surface area (Å²) in [5.41, 5.74) is -1.62. The quantitative estimate of drug-likeness (QED) is 0.113. The van der Waals surface area contributed by atoms with E-state index in [2.05, 4.69) is 16.0 Å². The summed E-state index contributed by atoms with van der Waals surface area (Å²) < 4.78 is 0. The van der Waals surface area contributed by atoms with Gasteiger partial charge in [-0.3, -0.25) is 44.3 Å². The van der Waals surface area contributed by atoms with Gasteiger partial charge in [-0.05, 0) is 58.8 Å². The van der Waals surface area contributed by atoms with Crippen LogP contribution in [-0.4, -0.2) is 214 Å².